The molecule has 0 saturated heterocycles. The Morgan fingerprint density at radius 1 is 0.810 bits per heavy atom. The minimum absolute atomic E-state index is 0.411. The third-order valence-electron chi connectivity index (χ3n) is 3.52. The Morgan fingerprint density at radius 3 is 2.29 bits per heavy atom. The highest BCUT2D eigenvalue weighted by atomic mass is 35.5. The second-order valence-corrected chi connectivity index (χ2v) is 5.99. The van der Waals surface area contributed by atoms with Crippen molar-refractivity contribution in [3.8, 4) is 11.4 Å². The minimum Gasteiger partial charge on any atom is -0.228 e. The number of hydrogen-bond acceptors (Lipinski definition) is 2. The monoisotopic (exact) mass is 336 g/mol. The molecule has 1 aromatic heterocycles. The molecule has 0 bridgehead atoms. The molecule has 0 unspecified atom stereocenters. The highest BCUT2D eigenvalue weighted by Crippen LogP contribution is 2.32. The second-order valence-electron chi connectivity index (χ2n) is 4.82. The van der Waals surface area contributed by atoms with Crippen molar-refractivity contribution in [2.24, 2.45) is 0 Å². The first-order valence-electron chi connectivity index (χ1n) is 6.37. The summed E-state index contributed by atoms with van der Waals surface area (Å²) in [7, 11) is 0. The molecule has 5 heteroatoms. The molecule has 0 amide bonds. The molecule has 2 aromatic carbocycles. The van der Waals surface area contributed by atoms with Crippen LogP contribution in [0.15, 0.2) is 30.3 Å². The molecule has 0 aliphatic carbocycles. The molecule has 0 atom stereocenters. The molecule has 0 spiro atoms. The summed E-state index contributed by atoms with van der Waals surface area (Å²) >= 11 is 18.6. The van der Waals surface area contributed by atoms with Crippen LogP contribution in [0, 0.1) is 13.8 Å². The molecular formula is C16H11Cl3N2. The fourth-order valence-electron chi connectivity index (χ4n) is 2.24. The lowest BCUT2D eigenvalue weighted by Crippen LogP contribution is -1.96. The molecule has 0 radical (unpaired) electrons. The number of halogens is 3. The van der Waals surface area contributed by atoms with Crippen molar-refractivity contribution < 1.29 is 0 Å². The van der Waals surface area contributed by atoms with E-state index in [1.165, 1.54) is 0 Å². The van der Waals surface area contributed by atoms with Crippen LogP contribution in [0.2, 0.25) is 15.2 Å². The Kier molecular flexibility index (Phi) is 3.78. The second kappa shape index (κ2) is 5.45. The molecule has 0 aliphatic heterocycles. The third kappa shape index (κ3) is 2.48. The van der Waals surface area contributed by atoms with Crippen LogP contribution in [0.4, 0.5) is 0 Å². The van der Waals surface area contributed by atoms with Crippen LogP contribution in [-0.2, 0) is 0 Å². The van der Waals surface area contributed by atoms with Crippen molar-refractivity contribution in [3.05, 3.63) is 56.7 Å². The van der Waals surface area contributed by atoms with Gasteiger partial charge in [-0.2, -0.15) is 0 Å². The molecule has 21 heavy (non-hydrogen) atoms. The Bertz CT molecular complexity index is 860. The van der Waals surface area contributed by atoms with Crippen LogP contribution in [-0.4, -0.2) is 9.97 Å². The van der Waals surface area contributed by atoms with E-state index in [4.69, 9.17) is 34.8 Å². The Hall–Kier alpha value is -1.35. The standard InChI is InChI=1S/C16H11Cl3N2/c1-8-10(4-3-5-12(8)17)16-20-14-9(2)13(18)7-6-11(14)15(19)21-16/h3-7H,1-2H3. The summed E-state index contributed by atoms with van der Waals surface area (Å²) in [6, 6.07) is 9.28. The number of hydrogen-bond donors (Lipinski definition) is 0. The fourth-order valence-corrected chi connectivity index (χ4v) is 2.80. The van der Waals surface area contributed by atoms with E-state index in [1.54, 1.807) is 6.07 Å². The predicted octanol–water partition coefficient (Wildman–Crippen LogP) is 5.87. The van der Waals surface area contributed by atoms with Crippen molar-refractivity contribution in [3.63, 3.8) is 0 Å². The molecule has 2 nitrogen and oxygen atoms in total. The average Bonchev–Trinajstić information content (AvgIpc) is 2.46. The van der Waals surface area contributed by atoms with Gasteiger partial charge < -0.3 is 0 Å². The molecule has 1 heterocycles. The van der Waals surface area contributed by atoms with Crippen molar-refractivity contribution in [1.82, 2.24) is 9.97 Å². The zero-order valence-corrected chi connectivity index (χ0v) is 13.7. The van der Waals surface area contributed by atoms with Crippen molar-refractivity contribution in [2.45, 2.75) is 13.8 Å². The highest BCUT2D eigenvalue weighted by molar-refractivity contribution is 6.36. The van der Waals surface area contributed by atoms with Gasteiger partial charge in [0.1, 0.15) is 5.15 Å². The summed E-state index contributed by atoms with van der Waals surface area (Å²) in [6.45, 7) is 3.85. The van der Waals surface area contributed by atoms with Gasteiger partial charge in [0, 0.05) is 21.0 Å². The zero-order chi connectivity index (χ0) is 15.1. The highest BCUT2D eigenvalue weighted by Gasteiger charge is 2.13. The van der Waals surface area contributed by atoms with Gasteiger partial charge in [-0.3, -0.25) is 0 Å². The van der Waals surface area contributed by atoms with Gasteiger partial charge in [0.05, 0.1) is 5.52 Å². The van der Waals surface area contributed by atoms with E-state index in [2.05, 4.69) is 9.97 Å². The summed E-state index contributed by atoms with van der Waals surface area (Å²) in [5.41, 5.74) is 3.44. The van der Waals surface area contributed by atoms with Gasteiger partial charge in [-0.05, 0) is 43.2 Å². The van der Waals surface area contributed by atoms with Gasteiger partial charge in [-0.25, -0.2) is 9.97 Å². The molecule has 106 valence electrons. The van der Waals surface area contributed by atoms with Crippen molar-refractivity contribution >= 4 is 45.7 Å². The quantitative estimate of drug-likeness (QED) is 0.519. The van der Waals surface area contributed by atoms with E-state index >= 15 is 0 Å². The molecule has 0 aliphatic rings. The number of fused-ring (bicyclic) bond motifs is 1. The number of nitrogens with zero attached hydrogens (tertiary/aromatic N) is 2. The Balaban J connectivity index is 2.35. The van der Waals surface area contributed by atoms with Crippen LogP contribution in [0.5, 0.6) is 0 Å². The molecule has 0 fully saturated rings. The van der Waals surface area contributed by atoms with E-state index in [1.807, 2.05) is 38.1 Å². The summed E-state index contributed by atoms with van der Waals surface area (Å²) in [6.07, 6.45) is 0. The van der Waals surface area contributed by atoms with Crippen molar-refractivity contribution in [1.29, 1.82) is 0 Å². The Labute approximate surface area is 137 Å². The lowest BCUT2D eigenvalue weighted by Gasteiger charge is -2.10. The number of aryl methyl sites for hydroxylation is 1. The summed E-state index contributed by atoms with van der Waals surface area (Å²) in [4.78, 5) is 9.03. The first-order valence-corrected chi connectivity index (χ1v) is 7.50. The minimum atomic E-state index is 0.411. The van der Waals surface area contributed by atoms with E-state index in [9.17, 15) is 0 Å². The van der Waals surface area contributed by atoms with Crippen LogP contribution in [0.25, 0.3) is 22.3 Å². The van der Waals surface area contributed by atoms with Crippen LogP contribution in [0.1, 0.15) is 11.1 Å². The SMILES string of the molecule is Cc1c(Cl)cccc1-c1nc(Cl)c2ccc(Cl)c(C)c2n1. The maximum atomic E-state index is 6.30. The lowest BCUT2D eigenvalue weighted by atomic mass is 10.1. The van der Waals surface area contributed by atoms with Crippen molar-refractivity contribution in [2.75, 3.05) is 0 Å². The van der Waals surface area contributed by atoms with Gasteiger partial charge >= 0.3 is 0 Å². The molecular weight excluding hydrogens is 327 g/mol. The summed E-state index contributed by atoms with van der Waals surface area (Å²) < 4.78 is 0. The van der Waals surface area contributed by atoms with Crippen LogP contribution >= 0.6 is 34.8 Å². The first kappa shape index (κ1) is 14.6. The number of rotatable bonds is 1. The van der Waals surface area contributed by atoms with Crippen LogP contribution in [0.3, 0.4) is 0 Å². The van der Waals surface area contributed by atoms with Gasteiger partial charge in [0.15, 0.2) is 5.82 Å². The van der Waals surface area contributed by atoms with E-state index in [-0.39, 0.29) is 0 Å². The molecule has 0 N–H and O–H groups in total. The van der Waals surface area contributed by atoms with Gasteiger partial charge in [-0.1, -0.05) is 46.9 Å². The van der Waals surface area contributed by atoms with Gasteiger partial charge in [0.25, 0.3) is 0 Å². The van der Waals surface area contributed by atoms with Gasteiger partial charge in [0.2, 0.25) is 0 Å². The van der Waals surface area contributed by atoms with E-state index < -0.39 is 0 Å². The maximum absolute atomic E-state index is 6.30. The number of aromatic nitrogens is 2. The zero-order valence-electron chi connectivity index (χ0n) is 11.4. The summed E-state index contributed by atoms with van der Waals surface area (Å²) in [5.74, 6) is 0.554. The maximum Gasteiger partial charge on any atom is 0.161 e. The van der Waals surface area contributed by atoms with Gasteiger partial charge in [-0.15, -0.1) is 0 Å². The largest absolute Gasteiger partial charge is 0.228 e. The molecule has 3 rings (SSSR count). The summed E-state index contributed by atoms with van der Waals surface area (Å²) in [5, 5.41) is 2.54. The predicted molar refractivity (Wildman–Crippen MR) is 89.5 cm³/mol. The fraction of sp³-hybridized carbons (Fsp3) is 0.125. The smallest absolute Gasteiger partial charge is 0.161 e. The average molecular weight is 338 g/mol. The molecule has 0 saturated carbocycles. The Morgan fingerprint density at radius 2 is 1.52 bits per heavy atom. The third-order valence-corrected chi connectivity index (χ3v) is 4.62. The first-order chi connectivity index (χ1) is 9.99. The number of benzene rings is 2. The topological polar surface area (TPSA) is 25.8 Å². The van der Waals surface area contributed by atoms with E-state index in [0.717, 1.165) is 27.6 Å². The van der Waals surface area contributed by atoms with Crippen LogP contribution < -0.4 is 0 Å². The normalized spacial score (nSPS) is 11.1. The lowest BCUT2D eigenvalue weighted by molar-refractivity contribution is 1.20. The van der Waals surface area contributed by atoms with E-state index in [0.29, 0.717) is 21.0 Å². The molecule has 3 aromatic rings.